The number of nitrogens with one attached hydrogen (secondary N) is 2. The van der Waals surface area contributed by atoms with Gasteiger partial charge in [-0.1, -0.05) is 12.1 Å². The average molecular weight is 332 g/mol. The van der Waals surface area contributed by atoms with E-state index in [1.165, 1.54) is 12.1 Å². The summed E-state index contributed by atoms with van der Waals surface area (Å²) in [5, 5.41) is 19.7. The van der Waals surface area contributed by atoms with E-state index in [2.05, 4.69) is 15.5 Å². The molecule has 3 rings (SSSR count). The second-order valence-electron chi connectivity index (χ2n) is 6.24. The zero-order chi connectivity index (χ0) is 17.3. The van der Waals surface area contributed by atoms with Crippen molar-refractivity contribution < 1.29 is 14.3 Å². The molecule has 1 aliphatic heterocycles. The quantitative estimate of drug-likeness (QED) is 0.799. The van der Waals surface area contributed by atoms with E-state index < -0.39 is 6.10 Å². The third-order valence-electron chi connectivity index (χ3n) is 4.38. The molecule has 3 N–H and O–H groups in total. The van der Waals surface area contributed by atoms with Gasteiger partial charge in [-0.2, -0.15) is 5.10 Å². The van der Waals surface area contributed by atoms with Crippen LogP contribution >= 0.6 is 0 Å². The van der Waals surface area contributed by atoms with E-state index in [-0.39, 0.29) is 24.3 Å². The molecule has 1 aromatic heterocycles. The maximum Gasteiger partial charge on any atom is 0.238 e. The molecule has 0 spiro atoms. The molecule has 1 fully saturated rings. The molecule has 1 aliphatic rings. The van der Waals surface area contributed by atoms with Gasteiger partial charge in [-0.15, -0.1) is 0 Å². The lowest BCUT2D eigenvalue weighted by molar-refractivity contribution is -0.117. The van der Waals surface area contributed by atoms with Crippen LogP contribution in [0.1, 0.15) is 29.4 Å². The SMILES string of the molecule is Cc1n[nH]c(C)c1NC(=O)CN1C[C@@H](O)C[C@H]1c1ccc(F)cc1. The van der Waals surface area contributed by atoms with Crippen LogP contribution in [0.5, 0.6) is 0 Å². The van der Waals surface area contributed by atoms with Crippen molar-refractivity contribution in [1.29, 1.82) is 0 Å². The van der Waals surface area contributed by atoms with Crippen LogP contribution < -0.4 is 5.32 Å². The van der Waals surface area contributed by atoms with Crippen LogP contribution in [-0.2, 0) is 4.79 Å². The van der Waals surface area contributed by atoms with Crippen LogP contribution in [0.15, 0.2) is 24.3 Å². The topological polar surface area (TPSA) is 81.2 Å². The van der Waals surface area contributed by atoms with Crippen molar-refractivity contribution in [3.05, 3.63) is 47.0 Å². The molecule has 0 unspecified atom stereocenters. The first-order valence-corrected chi connectivity index (χ1v) is 7.93. The summed E-state index contributed by atoms with van der Waals surface area (Å²) in [5.74, 6) is -0.462. The van der Waals surface area contributed by atoms with Gasteiger partial charge in [0.1, 0.15) is 5.82 Å². The van der Waals surface area contributed by atoms with Crippen molar-refractivity contribution in [1.82, 2.24) is 15.1 Å². The molecule has 128 valence electrons. The first-order chi connectivity index (χ1) is 11.4. The van der Waals surface area contributed by atoms with E-state index in [1.54, 1.807) is 12.1 Å². The summed E-state index contributed by atoms with van der Waals surface area (Å²) in [4.78, 5) is 14.3. The zero-order valence-corrected chi connectivity index (χ0v) is 13.7. The lowest BCUT2D eigenvalue weighted by Crippen LogP contribution is -2.34. The Morgan fingerprint density at radius 1 is 1.42 bits per heavy atom. The maximum atomic E-state index is 13.1. The molecule has 24 heavy (non-hydrogen) atoms. The molecule has 0 radical (unpaired) electrons. The summed E-state index contributed by atoms with van der Waals surface area (Å²) in [6.07, 6.45) is 0.0353. The largest absolute Gasteiger partial charge is 0.392 e. The highest BCUT2D eigenvalue weighted by molar-refractivity contribution is 5.93. The first kappa shape index (κ1) is 16.6. The number of aliphatic hydroxyl groups is 1. The molecule has 2 atom stereocenters. The minimum Gasteiger partial charge on any atom is -0.392 e. The van der Waals surface area contributed by atoms with E-state index in [4.69, 9.17) is 0 Å². The van der Waals surface area contributed by atoms with Gasteiger partial charge >= 0.3 is 0 Å². The van der Waals surface area contributed by atoms with E-state index in [0.29, 0.717) is 18.7 Å². The van der Waals surface area contributed by atoms with Gasteiger partial charge in [-0.3, -0.25) is 14.8 Å². The summed E-state index contributed by atoms with van der Waals surface area (Å²) < 4.78 is 13.1. The predicted octanol–water partition coefficient (Wildman–Crippen LogP) is 1.91. The fourth-order valence-corrected chi connectivity index (χ4v) is 3.18. The number of benzene rings is 1. The number of hydrogen-bond donors (Lipinski definition) is 3. The monoisotopic (exact) mass is 332 g/mol. The van der Waals surface area contributed by atoms with Crippen LogP contribution in [0, 0.1) is 19.7 Å². The summed E-state index contributed by atoms with van der Waals surface area (Å²) in [5.41, 5.74) is 3.13. The number of aryl methyl sites for hydroxylation is 2. The number of hydrogen-bond acceptors (Lipinski definition) is 4. The van der Waals surface area contributed by atoms with Crippen LogP contribution in [-0.4, -0.2) is 45.3 Å². The van der Waals surface area contributed by atoms with E-state index in [1.807, 2.05) is 18.7 Å². The van der Waals surface area contributed by atoms with Crippen molar-refractivity contribution in [3.63, 3.8) is 0 Å². The van der Waals surface area contributed by atoms with Gasteiger partial charge in [-0.25, -0.2) is 4.39 Å². The second-order valence-corrected chi connectivity index (χ2v) is 6.24. The predicted molar refractivity (Wildman–Crippen MR) is 88.0 cm³/mol. The standard InChI is InChI=1S/C17H21FN4O2/c1-10-17(11(2)21-20-10)19-16(24)9-22-8-14(23)7-15(22)12-3-5-13(18)6-4-12/h3-6,14-15,23H,7-9H2,1-2H3,(H,19,24)(H,20,21)/t14-,15-/m0/s1. The molecular formula is C17H21FN4O2. The van der Waals surface area contributed by atoms with Crippen LogP contribution in [0.3, 0.4) is 0 Å². The number of halogens is 1. The molecule has 6 nitrogen and oxygen atoms in total. The van der Waals surface area contributed by atoms with Gasteiger partial charge in [0.25, 0.3) is 0 Å². The number of H-pyrrole nitrogens is 1. The lowest BCUT2D eigenvalue weighted by Gasteiger charge is -2.23. The Bertz CT molecular complexity index is 709. The number of β-amino-alcohol motifs (C(OH)–C–C–N with tert-alkyl or cyclic N) is 1. The number of aliphatic hydroxyl groups excluding tert-OH is 1. The van der Waals surface area contributed by atoms with Gasteiger partial charge in [0.2, 0.25) is 5.91 Å². The number of carbonyl (C=O) groups excluding carboxylic acids is 1. The molecule has 1 amide bonds. The molecule has 0 aliphatic carbocycles. The Kier molecular flexibility index (Phi) is 4.64. The summed E-state index contributed by atoms with van der Waals surface area (Å²) in [7, 11) is 0. The van der Waals surface area contributed by atoms with Gasteiger partial charge in [0.05, 0.1) is 29.7 Å². The van der Waals surface area contributed by atoms with Gasteiger partial charge in [0.15, 0.2) is 0 Å². The molecule has 2 aromatic rings. The van der Waals surface area contributed by atoms with Crippen LogP contribution in [0.25, 0.3) is 0 Å². The fraction of sp³-hybridized carbons (Fsp3) is 0.412. The van der Waals surface area contributed by atoms with Crippen LogP contribution in [0.4, 0.5) is 10.1 Å². The Labute approximate surface area is 139 Å². The van der Waals surface area contributed by atoms with Gasteiger partial charge in [-0.05, 0) is 38.0 Å². The van der Waals surface area contributed by atoms with Crippen LogP contribution in [0.2, 0.25) is 0 Å². The smallest absolute Gasteiger partial charge is 0.238 e. The van der Waals surface area contributed by atoms with E-state index >= 15 is 0 Å². The first-order valence-electron chi connectivity index (χ1n) is 7.93. The van der Waals surface area contributed by atoms with Crippen molar-refractivity contribution in [2.24, 2.45) is 0 Å². The van der Waals surface area contributed by atoms with Crippen molar-refractivity contribution >= 4 is 11.6 Å². The molecule has 1 aromatic carbocycles. The van der Waals surface area contributed by atoms with Gasteiger partial charge in [0, 0.05) is 12.6 Å². The summed E-state index contributed by atoms with van der Waals surface area (Å²) in [6, 6.07) is 6.10. The molecule has 0 saturated carbocycles. The number of anilines is 1. The van der Waals surface area contributed by atoms with E-state index in [0.717, 1.165) is 17.0 Å². The molecule has 2 heterocycles. The average Bonchev–Trinajstić information content (AvgIpc) is 3.05. The Morgan fingerprint density at radius 3 is 2.75 bits per heavy atom. The van der Waals surface area contributed by atoms with Crippen molar-refractivity contribution in [3.8, 4) is 0 Å². The third kappa shape index (κ3) is 3.47. The Morgan fingerprint density at radius 2 is 2.12 bits per heavy atom. The molecular weight excluding hydrogens is 311 g/mol. The molecule has 7 heteroatoms. The third-order valence-corrected chi connectivity index (χ3v) is 4.38. The number of amides is 1. The lowest BCUT2D eigenvalue weighted by atomic mass is 10.0. The number of nitrogens with zero attached hydrogens (tertiary/aromatic N) is 2. The summed E-state index contributed by atoms with van der Waals surface area (Å²) in [6.45, 7) is 4.23. The zero-order valence-electron chi connectivity index (χ0n) is 13.7. The van der Waals surface area contributed by atoms with E-state index in [9.17, 15) is 14.3 Å². The normalized spacial score (nSPS) is 21.2. The summed E-state index contributed by atoms with van der Waals surface area (Å²) >= 11 is 0. The number of rotatable bonds is 4. The minimum atomic E-state index is -0.495. The second kappa shape index (κ2) is 6.70. The Balaban J connectivity index is 1.70. The van der Waals surface area contributed by atoms with Crippen molar-refractivity contribution in [2.45, 2.75) is 32.4 Å². The Hall–Kier alpha value is -2.25. The number of likely N-dealkylation sites (tertiary alicyclic amines) is 1. The highest BCUT2D eigenvalue weighted by Gasteiger charge is 2.33. The number of carbonyl (C=O) groups is 1. The van der Waals surface area contributed by atoms with Crippen molar-refractivity contribution in [2.75, 3.05) is 18.4 Å². The number of aromatic amines is 1. The fourth-order valence-electron chi connectivity index (χ4n) is 3.18. The highest BCUT2D eigenvalue weighted by Crippen LogP contribution is 2.32. The number of aromatic nitrogens is 2. The molecule has 0 bridgehead atoms. The maximum absolute atomic E-state index is 13.1. The highest BCUT2D eigenvalue weighted by atomic mass is 19.1. The van der Waals surface area contributed by atoms with Gasteiger partial charge < -0.3 is 10.4 Å². The minimum absolute atomic E-state index is 0.0992. The molecule has 1 saturated heterocycles.